The lowest BCUT2D eigenvalue weighted by molar-refractivity contribution is 0.0364. The molecule has 0 spiro atoms. The summed E-state index contributed by atoms with van der Waals surface area (Å²) in [6.07, 6.45) is 3.76. The minimum Gasteiger partial charge on any atom is -0.379 e. The summed E-state index contributed by atoms with van der Waals surface area (Å²) in [5.41, 5.74) is 4.54. The monoisotopic (exact) mass is 449 g/mol. The lowest BCUT2D eigenvalue weighted by atomic mass is 9.68. The molecule has 2 bridgehead atoms. The number of carbonyl (C=O) groups excluding carboxylic acids is 1. The van der Waals surface area contributed by atoms with E-state index in [2.05, 4.69) is 72.8 Å². The molecule has 2 aliphatic carbocycles. The number of hydrogen-bond donors (Lipinski definition) is 1. The molecule has 1 aliphatic heterocycles. The van der Waals surface area contributed by atoms with Crippen molar-refractivity contribution in [1.82, 2.24) is 14.8 Å². The van der Waals surface area contributed by atoms with E-state index in [0.717, 1.165) is 61.9 Å². The summed E-state index contributed by atoms with van der Waals surface area (Å²) in [5.74, 6) is 0.800. The van der Waals surface area contributed by atoms with Gasteiger partial charge in [0.25, 0.3) is 5.91 Å². The third-order valence-electron chi connectivity index (χ3n) is 8.97. The first kappa shape index (κ1) is 22.7. The van der Waals surface area contributed by atoms with E-state index in [4.69, 9.17) is 4.74 Å². The van der Waals surface area contributed by atoms with E-state index < -0.39 is 0 Å². The van der Waals surface area contributed by atoms with Crippen LogP contribution in [0.25, 0.3) is 11.3 Å². The van der Waals surface area contributed by atoms with Crippen molar-refractivity contribution in [2.75, 3.05) is 32.8 Å². The molecule has 1 aromatic carbocycles. The molecule has 178 valence electrons. The largest absolute Gasteiger partial charge is 0.379 e. The molecule has 5 rings (SSSR count). The summed E-state index contributed by atoms with van der Waals surface area (Å²) in [7, 11) is 0. The number of nitrogens with zero attached hydrogens (tertiary/aromatic N) is 2. The van der Waals surface area contributed by atoms with Crippen LogP contribution in [0.1, 0.15) is 56.1 Å². The Labute approximate surface area is 198 Å². The van der Waals surface area contributed by atoms with Gasteiger partial charge in [0, 0.05) is 43.6 Å². The molecule has 3 fully saturated rings. The van der Waals surface area contributed by atoms with Gasteiger partial charge >= 0.3 is 0 Å². The highest BCUT2D eigenvalue weighted by Gasteiger charge is 2.59. The molecule has 1 aromatic heterocycles. The number of fused-ring (bicyclic) bond motifs is 2. The molecule has 5 heteroatoms. The number of rotatable bonds is 6. The van der Waals surface area contributed by atoms with Crippen LogP contribution >= 0.6 is 0 Å². The molecule has 3 atom stereocenters. The van der Waals surface area contributed by atoms with Gasteiger partial charge in [-0.05, 0) is 54.6 Å². The number of benzene rings is 1. The van der Waals surface area contributed by atoms with Gasteiger partial charge in [-0.2, -0.15) is 0 Å². The van der Waals surface area contributed by atoms with Crippen molar-refractivity contribution in [3.8, 4) is 11.3 Å². The lowest BCUT2D eigenvalue weighted by Crippen LogP contribution is -2.52. The summed E-state index contributed by atoms with van der Waals surface area (Å²) >= 11 is 0. The Hall–Kier alpha value is -2.11. The highest BCUT2D eigenvalue weighted by atomic mass is 16.5. The highest BCUT2D eigenvalue weighted by molar-refractivity contribution is 5.97. The van der Waals surface area contributed by atoms with Crippen molar-refractivity contribution in [3.63, 3.8) is 0 Å². The summed E-state index contributed by atoms with van der Waals surface area (Å²) in [4.78, 5) is 16.1. The Bertz CT molecular complexity index is 1000. The molecule has 1 N–H and O–H groups in total. The van der Waals surface area contributed by atoms with Gasteiger partial charge in [-0.3, -0.25) is 9.69 Å². The van der Waals surface area contributed by atoms with E-state index in [0.29, 0.717) is 5.92 Å². The van der Waals surface area contributed by atoms with Gasteiger partial charge in [-0.15, -0.1) is 0 Å². The number of carbonyl (C=O) groups is 1. The second kappa shape index (κ2) is 8.59. The van der Waals surface area contributed by atoms with Crippen molar-refractivity contribution in [3.05, 3.63) is 47.7 Å². The van der Waals surface area contributed by atoms with E-state index in [1.165, 1.54) is 19.3 Å². The van der Waals surface area contributed by atoms with Crippen LogP contribution in [0.5, 0.6) is 0 Å². The fourth-order valence-corrected chi connectivity index (χ4v) is 6.95. The molecule has 2 aromatic rings. The maximum Gasteiger partial charge on any atom is 0.253 e. The molecular formula is C28H39N3O2. The molecule has 33 heavy (non-hydrogen) atoms. The Morgan fingerprint density at radius 1 is 1.12 bits per heavy atom. The van der Waals surface area contributed by atoms with Crippen LogP contribution in [0, 0.1) is 23.7 Å². The zero-order chi connectivity index (χ0) is 23.2. The topological polar surface area (TPSA) is 46.5 Å². The number of ether oxygens (including phenoxy) is 1. The van der Waals surface area contributed by atoms with Gasteiger partial charge in [0.15, 0.2) is 0 Å². The average molecular weight is 450 g/mol. The van der Waals surface area contributed by atoms with Gasteiger partial charge in [0.2, 0.25) is 0 Å². The lowest BCUT2D eigenvalue weighted by Gasteiger charge is -2.43. The molecule has 3 aliphatic rings. The molecular weight excluding hydrogens is 410 g/mol. The molecule has 1 unspecified atom stereocenters. The van der Waals surface area contributed by atoms with Crippen LogP contribution in [0.15, 0.2) is 36.4 Å². The first-order valence-corrected chi connectivity index (χ1v) is 12.7. The third kappa shape index (κ3) is 4.04. The van der Waals surface area contributed by atoms with Crippen LogP contribution in [0.4, 0.5) is 0 Å². The molecule has 2 heterocycles. The SMILES string of the molecule is Cc1c(C(=O)N[C@@H]2C(C)(C)C3CC[C@@]2(C)C3)cc(-c2ccccc2)n1CCN1CCOCC1. The van der Waals surface area contributed by atoms with Crippen molar-refractivity contribution < 1.29 is 9.53 Å². The van der Waals surface area contributed by atoms with Crippen LogP contribution in [-0.4, -0.2) is 54.3 Å². The fourth-order valence-electron chi connectivity index (χ4n) is 6.95. The third-order valence-corrected chi connectivity index (χ3v) is 8.97. The zero-order valence-electron chi connectivity index (χ0n) is 20.7. The summed E-state index contributed by atoms with van der Waals surface area (Å²) in [6, 6.07) is 12.8. The van der Waals surface area contributed by atoms with Crippen molar-refractivity contribution >= 4 is 5.91 Å². The Morgan fingerprint density at radius 2 is 1.85 bits per heavy atom. The second-order valence-corrected chi connectivity index (χ2v) is 11.3. The highest BCUT2D eigenvalue weighted by Crippen LogP contribution is 2.62. The quantitative estimate of drug-likeness (QED) is 0.693. The van der Waals surface area contributed by atoms with Crippen LogP contribution in [0.2, 0.25) is 0 Å². The normalized spacial score (nSPS) is 28.8. The summed E-state index contributed by atoms with van der Waals surface area (Å²) in [5, 5.41) is 3.52. The van der Waals surface area contributed by atoms with E-state index >= 15 is 0 Å². The standard InChI is InChI=1S/C28H39N3O2/c1-20-23(25(32)29-26-27(2,3)22-10-11-28(26,4)19-22)18-24(21-8-6-5-7-9-21)31(20)13-12-30-14-16-33-17-15-30/h5-9,18,22,26H,10-17,19H2,1-4H3,(H,29,32)/t22?,26-,28+/m1/s1. The van der Waals surface area contributed by atoms with Crippen molar-refractivity contribution in [2.45, 2.75) is 59.5 Å². The Balaban J connectivity index is 1.42. The second-order valence-electron chi connectivity index (χ2n) is 11.3. The Kier molecular flexibility index (Phi) is 5.90. The van der Waals surface area contributed by atoms with E-state index in [-0.39, 0.29) is 22.8 Å². The van der Waals surface area contributed by atoms with E-state index in [1.54, 1.807) is 0 Å². The van der Waals surface area contributed by atoms with Crippen LogP contribution < -0.4 is 5.32 Å². The number of nitrogens with one attached hydrogen (secondary N) is 1. The number of hydrogen-bond acceptors (Lipinski definition) is 3. The van der Waals surface area contributed by atoms with Crippen LogP contribution in [0.3, 0.4) is 0 Å². The Morgan fingerprint density at radius 3 is 2.52 bits per heavy atom. The smallest absolute Gasteiger partial charge is 0.253 e. The number of amides is 1. The maximum absolute atomic E-state index is 13.7. The van der Waals surface area contributed by atoms with Gasteiger partial charge in [-0.1, -0.05) is 51.1 Å². The molecule has 1 saturated heterocycles. The average Bonchev–Trinajstić information content (AvgIpc) is 3.43. The van der Waals surface area contributed by atoms with Gasteiger partial charge < -0.3 is 14.6 Å². The fraction of sp³-hybridized carbons (Fsp3) is 0.607. The first-order valence-electron chi connectivity index (χ1n) is 12.7. The van der Waals surface area contributed by atoms with Gasteiger partial charge in [0.1, 0.15) is 0 Å². The van der Waals surface area contributed by atoms with Gasteiger partial charge in [0.05, 0.1) is 18.8 Å². The predicted molar refractivity (Wildman–Crippen MR) is 132 cm³/mol. The number of aromatic nitrogens is 1. The molecule has 5 nitrogen and oxygen atoms in total. The molecule has 0 radical (unpaired) electrons. The van der Waals surface area contributed by atoms with E-state index in [9.17, 15) is 4.79 Å². The number of morpholine rings is 1. The summed E-state index contributed by atoms with van der Waals surface area (Å²) < 4.78 is 7.85. The van der Waals surface area contributed by atoms with E-state index in [1.807, 2.05) is 6.07 Å². The first-order chi connectivity index (χ1) is 15.8. The predicted octanol–water partition coefficient (Wildman–Crippen LogP) is 4.74. The van der Waals surface area contributed by atoms with Crippen molar-refractivity contribution in [1.29, 1.82) is 0 Å². The van der Waals surface area contributed by atoms with Crippen molar-refractivity contribution in [2.24, 2.45) is 16.7 Å². The summed E-state index contributed by atoms with van der Waals surface area (Å²) in [6.45, 7) is 14.6. The minimum absolute atomic E-state index is 0.0849. The minimum atomic E-state index is 0.0849. The maximum atomic E-state index is 13.7. The molecule has 2 saturated carbocycles. The van der Waals surface area contributed by atoms with Gasteiger partial charge in [-0.25, -0.2) is 0 Å². The molecule has 1 amide bonds. The van der Waals surface area contributed by atoms with Crippen LogP contribution in [-0.2, 0) is 11.3 Å². The zero-order valence-corrected chi connectivity index (χ0v) is 20.7.